The van der Waals surface area contributed by atoms with Gasteiger partial charge >= 0.3 is 6.18 Å². The lowest BCUT2D eigenvalue weighted by Gasteiger charge is -2.30. The molecule has 1 atom stereocenters. The van der Waals surface area contributed by atoms with Crippen molar-refractivity contribution >= 4 is 17.4 Å². The van der Waals surface area contributed by atoms with Crippen molar-refractivity contribution in [3.05, 3.63) is 48.1 Å². The molecule has 1 unspecified atom stereocenters. The molecule has 0 bridgehead atoms. The normalized spacial score (nSPS) is 13.1. The molecule has 168 valence electrons. The molecule has 12 heteroatoms. The first-order chi connectivity index (χ1) is 15.0. The van der Waals surface area contributed by atoms with Gasteiger partial charge in [0, 0.05) is 18.8 Å². The molecule has 4 aromatic rings. The Balaban J connectivity index is 1.73. The number of alkyl halides is 3. The van der Waals surface area contributed by atoms with E-state index in [1.54, 1.807) is 18.1 Å². The van der Waals surface area contributed by atoms with Crippen molar-refractivity contribution in [1.29, 1.82) is 0 Å². The number of aryl methyl sites for hydroxylation is 1. The fourth-order valence-corrected chi connectivity index (χ4v) is 3.69. The number of halogens is 3. The molecular weight excluding hydrogens is 423 g/mol. The highest BCUT2D eigenvalue weighted by molar-refractivity contribution is 5.61. The Labute approximate surface area is 181 Å². The summed E-state index contributed by atoms with van der Waals surface area (Å²) >= 11 is 0. The number of aromatic nitrogens is 7. The fourth-order valence-electron chi connectivity index (χ4n) is 3.69. The maximum Gasteiger partial charge on any atom is 0.449 e. The Bertz CT molecular complexity index is 1260. The standard InChI is InChI=1S/C20H22F3N9/c1-10(2)15(14-8-26-17(27-14)20(21,22)23)31(4)19-29-16(28-18(24)30-19)12-5-6-13-7-25-11(3)32(13)9-12/h5-10,15H,1-4H3,(H,26,27)(H2,24,28,29,30). The topological polar surface area (TPSA) is 114 Å². The molecule has 32 heavy (non-hydrogen) atoms. The number of fused-ring (bicyclic) bond motifs is 1. The molecule has 4 rings (SSSR count). The summed E-state index contributed by atoms with van der Waals surface area (Å²) in [5, 5.41) is 0. The van der Waals surface area contributed by atoms with Gasteiger partial charge in [0.15, 0.2) is 5.82 Å². The average molecular weight is 445 g/mol. The number of nitrogens with zero attached hydrogens (tertiary/aromatic N) is 7. The third kappa shape index (κ3) is 3.95. The highest BCUT2D eigenvalue weighted by Gasteiger charge is 2.36. The van der Waals surface area contributed by atoms with Crippen molar-refractivity contribution < 1.29 is 13.2 Å². The molecule has 0 radical (unpaired) electrons. The van der Waals surface area contributed by atoms with Gasteiger partial charge in [-0.1, -0.05) is 13.8 Å². The van der Waals surface area contributed by atoms with Gasteiger partial charge in [-0.25, -0.2) is 9.97 Å². The number of hydrogen-bond donors (Lipinski definition) is 2. The number of imidazole rings is 2. The van der Waals surface area contributed by atoms with Gasteiger partial charge in [0.2, 0.25) is 17.7 Å². The van der Waals surface area contributed by atoms with Crippen molar-refractivity contribution in [3.8, 4) is 11.4 Å². The minimum absolute atomic E-state index is 0.00222. The van der Waals surface area contributed by atoms with Gasteiger partial charge in [-0.05, 0) is 25.0 Å². The molecular formula is C20H22F3N9. The quantitative estimate of drug-likeness (QED) is 0.482. The molecule has 0 spiro atoms. The number of nitrogen functional groups attached to an aromatic ring is 1. The van der Waals surface area contributed by atoms with Gasteiger partial charge < -0.3 is 20.0 Å². The van der Waals surface area contributed by atoms with Crippen LogP contribution in [0.2, 0.25) is 0 Å². The summed E-state index contributed by atoms with van der Waals surface area (Å²) in [4.78, 5) is 24.8. The summed E-state index contributed by atoms with van der Waals surface area (Å²) in [6, 6.07) is 3.23. The molecule has 9 nitrogen and oxygen atoms in total. The van der Waals surface area contributed by atoms with E-state index >= 15 is 0 Å². The second kappa shape index (κ2) is 7.77. The van der Waals surface area contributed by atoms with Crippen LogP contribution in [0.4, 0.5) is 25.1 Å². The van der Waals surface area contributed by atoms with Crippen LogP contribution < -0.4 is 10.6 Å². The summed E-state index contributed by atoms with van der Waals surface area (Å²) in [7, 11) is 1.69. The Morgan fingerprint density at radius 2 is 1.84 bits per heavy atom. The number of aromatic amines is 1. The van der Waals surface area contributed by atoms with E-state index in [-0.39, 0.29) is 17.8 Å². The van der Waals surface area contributed by atoms with Crippen molar-refractivity contribution in [1.82, 2.24) is 34.3 Å². The highest BCUT2D eigenvalue weighted by Crippen LogP contribution is 2.33. The van der Waals surface area contributed by atoms with Crippen molar-refractivity contribution in [3.63, 3.8) is 0 Å². The zero-order valence-electron chi connectivity index (χ0n) is 17.9. The molecule has 0 amide bonds. The first-order valence-corrected chi connectivity index (χ1v) is 9.85. The Morgan fingerprint density at radius 1 is 1.09 bits per heavy atom. The Hall–Kier alpha value is -3.70. The van der Waals surface area contributed by atoms with Crippen LogP contribution in [-0.4, -0.2) is 41.4 Å². The number of nitrogens with one attached hydrogen (secondary N) is 1. The number of rotatable bonds is 5. The molecule has 0 aliphatic rings. The van der Waals surface area contributed by atoms with E-state index in [0.29, 0.717) is 17.1 Å². The van der Waals surface area contributed by atoms with Gasteiger partial charge in [0.1, 0.15) is 5.82 Å². The van der Waals surface area contributed by atoms with Crippen LogP contribution >= 0.6 is 0 Å². The molecule has 0 aliphatic heterocycles. The summed E-state index contributed by atoms with van der Waals surface area (Å²) < 4.78 is 41.0. The predicted molar refractivity (Wildman–Crippen MR) is 113 cm³/mol. The first kappa shape index (κ1) is 21.5. The summed E-state index contributed by atoms with van der Waals surface area (Å²) in [5.74, 6) is 0.247. The smallest absolute Gasteiger partial charge is 0.368 e. The second-order valence-corrected chi connectivity index (χ2v) is 7.82. The van der Waals surface area contributed by atoms with Crippen LogP contribution in [0.15, 0.2) is 30.7 Å². The lowest BCUT2D eigenvalue weighted by Crippen LogP contribution is -2.30. The van der Waals surface area contributed by atoms with E-state index in [1.165, 1.54) is 6.20 Å². The van der Waals surface area contributed by atoms with Crippen LogP contribution in [0.1, 0.15) is 37.2 Å². The van der Waals surface area contributed by atoms with Crippen molar-refractivity contribution in [2.24, 2.45) is 5.92 Å². The molecule has 0 aromatic carbocycles. The van der Waals surface area contributed by atoms with Gasteiger partial charge in [0.25, 0.3) is 0 Å². The summed E-state index contributed by atoms with van der Waals surface area (Å²) in [6.45, 7) is 5.65. The highest BCUT2D eigenvalue weighted by atomic mass is 19.4. The van der Waals surface area contributed by atoms with E-state index < -0.39 is 18.0 Å². The van der Waals surface area contributed by atoms with E-state index in [0.717, 1.165) is 11.3 Å². The number of nitrogens with two attached hydrogens (primary N) is 1. The first-order valence-electron chi connectivity index (χ1n) is 9.85. The number of hydrogen-bond acceptors (Lipinski definition) is 7. The fraction of sp³-hybridized carbons (Fsp3) is 0.350. The lowest BCUT2D eigenvalue weighted by atomic mass is 10.0. The number of anilines is 2. The van der Waals surface area contributed by atoms with Gasteiger partial charge in [-0.3, -0.25) is 0 Å². The van der Waals surface area contributed by atoms with Gasteiger partial charge in [-0.15, -0.1) is 0 Å². The van der Waals surface area contributed by atoms with Gasteiger partial charge in [-0.2, -0.15) is 28.1 Å². The second-order valence-electron chi connectivity index (χ2n) is 7.82. The van der Waals surface area contributed by atoms with Crippen molar-refractivity contribution in [2.45, 2.75) is 33.0 Å². The van der Waals surface area contributed by atoms with Crippen molar-refractivity contribution in [2.75, 3.05) is 17.7 Å². The third-order valence-corrected chi connectivity index (χ3v) is 5.16. The number of H-pyrrole nitrogens is 1. The molecule has 0 aliphatic carbocycles. The van der Waals surface area contributed by atoms with Crippen LogP contribution in [0.3, 0.4) is 0 Å². The molecule has 4 aromatic heterocycles. The summed E-state index contributed by atoms with van der Waals surface area (Å²) in [6.07, 6.45) is 0.228. The van der Waals surface area contributed by atoms with Crippen LogP contribution in [0, 0.1) is 12.8 Å². The zero-order chi connectivity index (χ0) is 23.2. The van der Waals surface area contributed by atoms with E-state index in [2.05, 4.69) is 29.9 Å². The van der Waals surface area contributed by atoms with Crippen LogP contribution in [-0.2, 0) is 6.18 Å². The zero-order valence-corrected chi connectivity index (χ0v) is 17.9. The molecule has 0 saturated carbocycles. The van der Waals surface area contributed by atoms with E-state index in [1.807, 2.05) is 43.5 Å². The molecule has 0 saturated heterocycles. The molecule has 0 fully saturated rings. The average Bonchev–Trinajstić information content (AvgIpc) is 3.34. The summed E-state index contributed by atoms with van der Waals surface area (Å²) in [5.41, 5.74) is 7.87. The molecule has 4 heterocycles. The minimum Gasteiger partial charge on any atom is -0.368 e. The maximum absolute atomic E-state index is 13.0. The maximum atomic E-state index is 13.0. The number of pyridine rings is 1. The van der Waals surface area contributed by atoms with Crippen LogP contribution in [0.5, 0.6) is 0 Å². The van der Waals surface area contributed by atoms with E-state index in [4.69, 9.17) is 5.73 Å². The van der Waals surface area contributed by atoms with Crippen LogP contribution in [0.25, 0.3) is 16.9 Å². The third-order valence-electron chi connectivity index (χ3n) is 5.16. The SMILES string of the molecule is Cc1ncc2ccc(-c3nc(N)nc(N(C)C(c4cnc(C(F)(F)F)[nH]4)C(C)C)n3)cn12. The largest absolute Gasteiger partial charge is 0.449 e. The van der Waals surface area contributed by atoms with E-state index in [9.17, 15) is 13.2 Å². The predicted octanol–water partition coefficient (Wildman–Crippen LogP) is 3.65. The lowest BCUT2D eigenvalue weighted by molar-refractivity contribution is -0.144. The van der Waals surface area contributed by atoms with Gasteiger partial charge in [0.05, 0.1) is 29.6 Å². The molecule has 3 N–H and O–H groups in total. The minimum atomic E-state index is -4.56. The Morgan fingerprint density at radius 3 is 2.50 bits per heavy atom. The Kier molecular flexibility index (Phi) is 5.23. The monoisotopic (exact) mass is 445 g/mol.